The van der Waals surface area contributed by atoms with E-state index in [-0.39, 0.29) is 11.8 Å². The molecular formula is C20H19FN4O3. The first kappa shape index (κ1) is 17.8. The Labute approximate surface area is 161 Å². The quantitative estimate of drug-likeness (QED) is 0.565. The fourth-order valence-electron chi connectivity index (χ4n) is 3.43. The van der Waals surface area contributed by atoms with Crippen molar-refractivity contribution in [2.24, 2.45) is 0 Å². The third-order valence-corrected chi connectivity index (χ3v) is 4.71. The fraction of sp³-hybridized carbons (Fsp3) is 0.200. The van der Waals surface area contributed by atoms with E-state index in [1.54, 1.807) is 33.4 Å². The Kier molecular flexibility index (Phi) is 4.38. The molecule has 2 N–H and O–H groups in total. The van der Waals surface area contributed by atoms with Crippen LogP contribution >= 0.6 is 0 Å². The number of nitrogens with zero attached hydrogens (tertiary/aromatic N) is 2. The second kappa shape index (κ2) is 6.88. The number of fused-ring (bicyclic) bond motifs is 3. The zero-order valence-electron chi connectivity index (χ0n) is 15.7. The normalized spacial score (nSPS) is 11.6. The summed E-state index contributed by atoms with van der Waals surface area (Å²) in [6, 6.07) is 9.46. The second-order valence-corrected chi connectivity index (χ2v) is 6.32. The van der Waals surface area contributed by atoms with E-state index in [0.717, 1.165) is 16.7 Å². The standard InChI is InChI=1S/C20H19FN4O3/c1-22-20(26)25-18-14-10-17(28-3)16(27-2)8-11(14)7-15(18)19(24-25)23-13-6-4-5-12(21)9-13/h4-6,8-10H,7H2,1-3H3,(H,22,26)(H,23,24). The maximum atomic E-state index is 13.6. The highest BCUT2D eigenvalue weighted by molar-refractivity contribution is 5.89. The molecule has 1 aliphatic carbocycles. The van der Waals surface area contributed by atoms with Crippen molar-refractivity contribution in [3.8, 4) is 22.8 Å². The lowest BCUT2D eigenvalue weighted by Crippen LogP contribution is -2.26. The Bertz CT molecular complexity index is 1080. The van der Waals surface area contributed by atoms with Gasteiger partial charge in [-0.25, -0.2) is 9.18 Å². The largest absolute Gasteiger partial charge is 0.493 e. The lowest BCUT2D eigenvalue weighted by molar-refractivity contribution is 0.242. The summed E-state index contributed by atoms with van der Waals surface area (Å²) < 4.78 is 25.7. The number of ether oxygens (including phenoxy) is 2. The highest BCUT2D eigenvalue weighted by Gasteiger charge is 2.31. The minimum Gasteiger partial charge on any atom is -0.493 e. The lowest BCUT2D eigenvalue weighted by Gasteiger charge is -2.11. The van der Waals surface area contributed by atoms with Crippen molar-refractivity contribution in [3.63, 3.8) is 0 Å². The van der Waals surface area contributed by atoms with Crippen molar-refractivity contribution in [1.29, 1.82) is 0 Å². The first-order chi connectivity index (χ1) is 13.5. The van der Waals surface area contributed by atoms with Gasteiger partial charge in [0, 0.05) is 30.3 Å². The van der Waals surface area contributed by atoms with Crippen LogP contribution in [0.5, 0.6) is 11.5 Å². The molecular weight excluding hydrogens is 363 g/mol. The minimum absolute atomic E-state index is 0.356. The first-order valence-corrected chi connectivity index (χ1v) is 8.67. The molecule has 0 saturated carbocycles. The molecule has 1 aliphatic rings. The Morgan fingerprint density at radius 2 is 1.93 bits per heavy atom. The van der Waals surface area contributed by atoms with Crippen LogP contribution in [0.3, 0.4) is 0 Å². The molecule has 3 aromatic rings. The summed E-state index contributed by atoms with van der Waals surface area (Å²) in [5.41, 5.74) is 3.91. The molecule has 0 unspecified atom stereocenters. The van der Waals surface area contributed by atoms with Gasteiger partial charge in [-0.15, -0.1) is 5.10 Å². The van der Waals surface area contributed by atoms with Crippen molar-refractivity contribution < 1.29 is 18.7 Å². The number of halogens is 1. The molecule has 0 radical (unpaired) electrons. The number of anilines is 2. The summed E-state index contributed by atoms with van der Waals surface area (Å²) in [5.74, 6) is 1.33. The molecule has 0 bridgehead atoms. The topological polar surface area (TPSA) is 77.4 Å². The number of carbonyl (C=O) groups is 1. The van der Waals surface area contributed by atoms with Crippen LogP contribution in [0.25, 0.3) is 11.3 Å². The second-order valence-electron chi connectivity index (χ2n) is 6.32. The molecule has 0 aliphatic heterocycles. The molecule has 0 atom stereocenters. The van der Waals surface area contributed by atoms with E-state index in [1.165, 1.54) is 16.8 Å². The molecule has 144 valence electrons. The number of carbonyl (C=O) groups excluding carboxylic acids is 1. The fourth-order valence-corrected chi connectivity index (χ4v) is 3.43. The average Bonchev–Trinajstić information content (AvgIpc) is 3.23. The van der Waals surface area contributed by atoms with Crippen LogP contribution in [0.4, 0.5) is 20.7 Å². The molecule has 4 rings (SSSR count). The average molecular weight is 382 g/mol. The number of rotatable bonds is 4. The predicted molar refractivity (Wildman–Crippen MR) is 103 cm³/mol. The van der Waals surface area contributed by atoms with Crippen LogP contribution in [0.2, 0.25) is 0 Å². The summed E-state index contributed by atoms with van der Waals surface area (Å²) in [5, 5.41) is 10.1. The number of benzene rings is 2. The summed E-state index contributed by atoms with van der Waals surface area (Å²) in [4.78, 5) is 12.4. The van der Waals surface area contributed by atoms with Crippen LogP contribution in [0.15, 0.2) is 36.4 Å². The monoisotopic (exact) mass is 382 g/mol. The Balaban J connectivity index is 1.85. The molecule has 1 aromatic heterocycles. The van der Waals surface area contributed by atoms with E-state index in [0.29, 0.717) is 35.1 Å². The zero-order chi connectivity index (χ0) is 19.8. The van der Waals surface area contributed by atoms with Crippen LogP contribution in [-0.4, -0.2) is 37.1 Å². The molecule has 0 spiro atoms. The van der Waals surface area contributed by atoms with Crippen LogP contribution in [-0.2, 0) is 6.42 Å². The highest BCUT2D eigenvalue weighted by atomic mass is 19.1. The van der Waals surface area contributed by atoms with E-state index in [9.17, 15) is 9.18 Å². The Morgan fingerprint density at radius 3 is 2.61 bits per heavy atom. The van der Waals surface area contributed by atoms with Gasteiger partial charge >= 0.3 is 6.03 Å². The Morgan fingerprint density at radius 1 is 1.18 bits per heavy atom. The minimum atomic E-state index is -0.369. The van der Waals surface area contributed by atoms with Crippen molar-refractivity contribution in [1.82, 2.24) is 15.1 Å². The molecule has 2 aromatic carbocycles. The Hall–Kier alpha value is -3.55. The van der Waals surface area contributed by atoms with Gasteiger partial charge in [-0.3, -0.25) is 0 Å². The van der Waals surface area contributed by atoms with Gasteiger partial charge in [0.2, 0.25) is 0 Å². The molecule has 0 fully saturated rings. The van der Waals surface area contributed by atoms with Gasteiger partial charge in [-0.1, -0.05) is 6.07 Å². The number of aromatic nitrogens is 2. The SMILES string of the molecule is CNC(=O)n1nc(Nc2cccc(F)c2)c2c1-c1cc(OC)c(OC)cc1C2. The van der Waals surface area contributed by atoms with Crippen molar-refractivity contribution in [3.05, 3.63) is 53.3 Å². The summed E-state index contributed by atoms with van der Waals surface area (Å²) in [6.07, 6.45) is 0.555. The van der Waals surface area contributed by atoms with Gasteiger partial charge in [0.25, 0.3) is 0 Å². The van der Waals surface area contributed by atoms with Gasteiger partial charge in [-0.2, -0.15) is 4.68 Å². The van der Waals surface area contributed by atoms with Gasteiger partial charge in [0.05, 0.1) is 19.9 Å². The maximum Gasteiger partial charge on any atom is 0.342 e. The summed E-state index contributed by atoms with van der Waals surface area (Å²) in [7, 11) is 4.68. The van der Waals surface area contributed by atoms with E-state index < -0.39 is 0 Å². The predicted octanol–water partition coefficient (Wildman–Crippen LogP) is 3.54. The zero-order valence-corrected chi connectivity index (χ0v) is 15.7. The smallest absolute Gasteiger partial charge is 0.342 e. The number of methoxy groups -OCH3 is 2. The van der Waals surface area contributed by atoms with Gasteiger partial charge < -0.3 is 20.1 Å². The molecule has 0 saturated heterocycles. The molecule has 28 heavy (non-hydrogen) atoms. The van der Waals surface area contributed by atoms with E-state index in [2.05, 4.69) is 15.7 Å². The third kappa shape index (κ3) is 2.83. The number of hydrogen-bond donors (Lipinski definition) is 2. The molecule has 1 heterocycles. The molecule has 8 heteroatoms. The summed E-state index contributed by atoms with van der Waals surface area (Å²) >= 11 is 0. The van der Waals surface area contributed by atoms with Gasteiger partial charge in [-0.05, 0) is 35.9 Å². The molecule has 1 amide bonds. The number of nitrogens with one attached hydrogen (secondary N) is 2. The number of hydrogen-bond acceptors (Lipinski definition) is 5. The van der Waals surface area contributed by atoms with E-state index in [1.807, 2.05) is 12.1 Å². The highest BCUT2D eigenvalue weighted by Crippen LogP contribution is 2.45. The lowest BCUT2D eigenvalue weighted by atomic mass is 10.1. The molecule has 7 nitrogen and oxygen atoms in total. The number of amides is 1. The van der Waals surface area contributed by atoms with Crippen molar-refractivity contribution in [2.45, 2.75) is 6.42 Å². The summed E-state index contributed by atoms with van der Waals surface area (Å²) in [6.45, 7) is 0. The first-order valence-electron chi connectivity index (χ1n) is 8.67. The van der Waals surface area contributed by atoms with Crippen molar-refractivity contribution >= 4 is 17.5 Å². The third-order valence-electron chi connectivity index (χ3n) is 4.71. The van der Waals surface area contributed by atoms with Crippen LogP contribution < -0.4 is 20.1 Å². The van der Waals surface area contributed by atoms with E-state index >= 15 is 0 Å². The van der Waals surface area contributed by atoms with Crippen LogP contribution in [0, 0.1) is 5.82 Å². The van der Waals surface area contributed by atoms with E-state index in [4.69, 9.17) is 9.47 Å². The van der Waals surface area contributed by atoms with Crippen LogP contribution in [0.1, 0.15) is 11.1 Å². The van der Waals surface area contributed by atoms with Gasteiger partial charge in [0.1, 0.15) is 5.82 Å². The maximum absolute atomic E-state index is 13.6. The van der Waals surface area contributed by atoms with Crippen molar-refractivity contribution in [2.75, 3.05) is 26.6 Å². The van der Waals surface area contributed by atoms with Gasteiger partial charge in [0.15, 0.2) is 17.3 Å².